The van der Waals surface area contributed by atoms with Crippen LogP contribution in [0.4, 0.5) is 0 Å². The molecule has 0 aliphatic carbocycles. The third kappa shape index (κ3) is 3.89. The van der Waals surface area contributed by atoms with Crippen molar-refractivity contribution in [3.05, 3.63) is 68.4 Å². The van der Waals surface area contributed by atoms with Crippen LogP contribution in [0.15, 0.2) is 63.3 Å². The monoisotopic (exact) mass is 395 g/mol. The van der Waals surface area contributed by atoms with Crippen molar-refractivity contribution in [2.24, 2.45) is 0 Å². The molecule has 0 saturated heterocycles. The molecule has 0 unspecified atom stereocenters. The van der Waals surface area contributed by atoms with Gasteiger partial charge in [-0.05, 0) is 24.3 Å². The molecule has 0 spiro atoms. The van der Waals surface area contributed by atoms with Gasteiger partial charge < -0.3 is 0 Å². The van der Waals surface area contributed by atoms with Crippen LogP contribution in [0.2, 0.25) is 5.02 Å². The summed E-state index contributed by atoms with van der Waals surface area (Å²) in [7, 11) is 0. The Bertz CT molecular complexity index is 757. The minimum Gasteiger partial charge on any atom is -0.240 e. The zero-order valence-corrected chi connectivity index (χ0v) is 14.9. The Morgan fingerprint density at radius 2 is 2.00 bits per heavy atom. The zero-order valence-electron chi connectivity index (χ0n) is 10.9. The SMILES string of the molecule is Clc1ccccc1SCc1nc(-c2cccc(Br)c2)cs1. The van der Waals surface area contributed by atoms with Gasteiger partial charge in [0.2, 0.25) is 0 Å². The Kier molecular flexibility index (Phi) is 5.01. The van der Waals surface area contributed by atoms with Crippen molar-refractivity contribution >= 4 is 50.6 Å². The Morgan fingerprint density at radius 1 is 1.14 bits per heavy atom. The molecule has 2 aromatic carbocycles. The summed E-state index contributed by atoms with van der Waals surface area (Å²) in [5, 5.41) is 4.01. The molecule has 3 rings (SSSR count). The fourth-order valence-corrected chi connectivity index (χ4v) is 4.32. The first-order valence-corrected chi connectivity index (χ1v) is 9.33. The van der Waals surface area contributed by atoms with Gasteiger partial charge in [-0.2, -0.15) is 0 Å². The van der Waals surface area contributed by atoms with Crippen LogP contribution in [-0.4, -0.2) is 4.98 Å². The lowest BCUT2D eigenvalue weighted by atomic mass is 10.2. The highest BCUT2D eigenvalue weighted by Crippen LogP contribution is 2.32. The Hall–Kier alpha value is -0.810. The lowest BCUT2D eigenvalue weighted by molar-refractivity contribution is 1.26. The molecule has 1 aromatic heterocycles. The van der Waals surface area contributed by atoms with Crippen LogP contribution in [0.1, 0.15) is 5.01 Å². The molecule has 0 saturated carbocycles. The van der Waals surface area contributed by atoms with Gasteiger partial charge in [-0.1, -0.05) is 51.8 Å². The maximum Gasteiger partial charge on any atom is 0.104 e. The Morgan fingerprint density at radius 3 is 2.81 bits per heavy atom. The number of hydrogen-bond acceptors (Lipinski definition) is 3. The summed E-state index contributed by atoms with van der Waals surface area (Å²) >= 11 is 13.1. The molecular formula is C16H11BrClNS2. The summed E-state index contributed by atoms with van der Waals surface area (Å²) in [6.45, 7) is 0. The predicted octanol–water partition coefficient (Wildman–Crippen LogP) is 6.52. The first kappa shape index (κ1) is 15.1. The van der Waals surface area contributed by atoms with Crippen molar-refractivity contribution in [3.8, 4) is 11.3 Å². The number of nitrogens with zero attached hydrogens (tertiary/aromatic N) is 1. The number of thiazole rings is 1. The highest BCUT2D eigenvalue weighted by atomic mass is 79.9. The highest BCUT2D eigenvalue weighted by molar-refractivity contribution is 9.10. The largest absolute Gasteiger partial charge is 0.240 e. The second kappa shape index (κ2) is 6.97. The normalized spacial score (nSPS) is 10.8. The molecule has 0 fully saturated rings. The average Bonchev–Trinajstić information content (AvgIpc) is 2.95. The van der Waals surface area contributed by atoms with E-state index in [1.165, 1.54) is 0 Å². The first-order chi connectivity index (χ1) is 10.2. The van der Waals surface area contributed by atoms with Crippen molar-refractivity contribution in [1.82, 2.24) is 4.98 Å². The van der Waals surface area contributed by atoms with Gasteiger partial charge in [0.25, 0.3) is 0 Å². The molecule has 106 valence electrons. The third-order valence-corrected chi connectivity index (χ3v) is 5.91. The van der Waals surface area contributed by atoms with Crippen LogP contribution in [-0.2, 0) is 5.75 Å². The number of halogens is 2. The van der Waals surface area contributed by atoms with Gasteiger partial charge in [0, 0.05) is 20.3 Å². The summed E-state index contributed by atoms with van der Waals surface area (Å²) in [5.74, 6) is 0.836. The molecule has 0 bridgehead atoms. The molecular weight excluding hydrogens is 386 g/mol. The fraction of sp³-hybridized carbons (Fsp3) is 0.0625. The topological polar surface area (TPSA) is 12.9 Å². The minimum absolute atomic E-state index is 0.797. The van der Waals surface area contributed by atoms with E-state index in [0.717, 1.165) is 36.4 Å². The predicted molar refractivity (Wildman–Crippen MR) is 96.3 cm³/mol. The van der Waals surface area contributed by atoms with E-state index in [0.29, 0.717) is 0 Å². The highest BCUT2D eigenvalue weighted by Gasteiger charge is 2.07. The van der Waals surface area contributed by atoms with Crippen molar-refractivity contribution in [2.75, 3.05) is 0 Å². The van der Waals surface area contributed by atoms with E-state index in [2.05, 4.69) is 33.4 Å². The maximum atomic E-state index is 6.17. The molecule has 3 aromatic rings. The molecule has 0 aliphatic rings. The van der Waals surface area contributed by atoms with Gasteiger partial charge in [-0.15, -0.1) is 23.1 Å². The molecule has 0 atom stereocenters. The molecule has 0 radical (unpaired) electrons. The van der Waals surface area contributed by atoms with E-state index >= 15 is 0 Å². The molecule has 21 heavy (non-hydrogen) atoms. The summed E-state index contributed by atoms with van der Waals surface area (Å²) in [6.07, 6.45) is 0. The van der Waals surface area contributed by atoms with Gasteiger partial charge in [0.05, 0.1) is 16.5 Å². The molecule has 0 N–H and O–H groups in total. The number of benzene rings is 2. The number of rotatable bonds is 4. The summed E-state index contributed by atoms with van der Waals surface area (Å²) in [4.78, 5) is 5.80. The summed E-state index contributed by atoms with van der Waals surface area (Å²) in [5.41, 5.74) is 2.16. The van der Waals surface area contributed by atoms with E-state index < -0.39 is 0 Å². The van der Waals surface area contributed by atoms with Gasteiger partial charge in [0.15, 0.2) is 0 Å². The lowest BCUT2D eigenvalue weighted by Crippen LogP contribution is -1.82. The standard InChI is InChI=1S/C16H11BrClNS2/c17-12-5-3-4-11(8-12)14-9-21-16(19-14)10-20-15-7-2-1-6-13(15)18/h1-9H,10H2. The van der Waals surface area contributed by atoms with Crippen LogP contribution >= 0.6 is 50.6 Å². The quantitative estimate of drug-likeness (QED) is 0.466. The van der Waals surface area contributed by atoms with Crippen LogP contribution < -0.4 is 0 Å². The Labute approximate surface area is 145 Å². The number of aromatic nitrogens is 1. The molecule has 1 nitrogen and oxygen atoms in total. The van der Waals surface area contributed by atoms with Crippen molar-refractivity contribution in [1.29, 1.82) is 0 Å². The van der Waals surface area contributed by atoms with Crippen LogP contribution in [0.3, 0.4) is 0 Å². The van der Waals surface area contributed by atoms with E-state index in [4.69, 9.17) is 16.6 Å². The minimum atomic E-state index is 0.797. The van der Waals surface area contributed by atoms with Gasteiger partial charge in [-0.25, -0.2) is 4.98 Å². The maximum absolute atomic E-state index is 6.17. The smallest absolute Gasteiger partial charge is 0.104 e. The summed E-state index contributed by atoms with van der Waals surface area (Å²) in [6, 6.07) is 16.1. The summed E-state index contributed by atoms with van der Waals surface area (Å²) < 4.78 is 1.07. The second-order valence-corrected chi connectivity index (χ2v) is 7.64. The zero-order chi connectivity index (χ0) is 14.7. The molecule has 0 amide bonds. The van der Waals surface area contributed by atoms with E-state index in [9.17, 15) is 0 Å². The van der Waals surface area contributed by atoms with Crippen LogP contribution in [0.25, 0.3) is 11.3 Å². The van der Waals surface area contributed by atoms with Gasteiger partial charge >= 0.3 is 0 Å². The van der Waals surface area contributed by atoms with Gasteiger partial charge in [-0.3, -0.25) is 0 Å². The van der Waals surface area contributed by atoms with E-state index in [1.807, 2.05) is 36.4 Å². The van der Waals surface area contributed by atoms with Crippen LogP contribution in [0, 0.1) is 0 Å². The van der Waals surface area contributed by atoms with Crippen LogP contribution in [0.5, 0.6) is 0 Å². The third-order valence-electron chi connectivity index (χ3n) is 2.86. The Balaban J connectivity index is 1.72. The number of hydrogen-bond donors (Lipinski definition) is 0. The molecule has 0 aliphatic heterocycles. The van der Waals surface area contributed by atoms with Gasteiger partial charge in [0.1, 0.15) is 5.01 Å². The first-order valence-electron chi connectivity index (χ1n) is 6.30. The van der Waals surface area contributed by atoms with Crippen molar-refractivity contribution < 1.29 is 0 Å². The molecule has 1 heterocycles. The van der Waals surface area contributed by atoms with E-state index in [1.54, 1.807) is 23.1 Å². The molecule has 5 heteroatoms. The van der Waals surface area contributed by atoms with Crippen molar-refractivity contribution in [3.63, 3.8) is 0 Å². The lowest BCUT2D eigenvalue weighted by Gasteiger charge is -2.01. The number of thioether (sulfide) groups is 1. The van der Waals surface area contributed by atoms with Crippen molar-refractivity contribution in [2.45, 2.75) is 10.6 Å². The van der Waals surface area contributed by atoms with E-state index in [-0.39, 0.29) is 0 Å². The average molecular weight is 397 g/mol. The fourth-order valence-electron chi connectivity index (χ4n) is 1.86. The second-order valence-electron chi connectivity index (χ2n) is 4.36.